The van der Waals surface area contributed by atoms with E-state index in [9.17, 15) is 4.79 Å². The first-order valence-corrected chi connectivity index (χ1v) is 9.95. The average Bonchev–Trinajstić information content (AvgIpc) is 3.22. The number of aromatic nitrogens is 3. The number of thiazole rings is 1. The molecule has 0 fully saturated rings. The first-order chi connectivity index (χ1) is 12.4. The second kappa shape index (κ2) is 7.58. The summed E-state index contributed by atoms with van der Waals surface area (Å²) in [4.78, 5) is 26.2. The van der Waals surface area contributed by atoms with Crippen LogP contribution in [0.2, 0.25) is 0 Å². The molecule has 5 nitrogen and oxygen atoms in total. The van der Waals surface area contributed by atoms with Gasteiger partial charge in [0.1, 0.15) is 10.7 Å². The van der Waals surface area contributed by atoms with Crippen LogP contribution >= 0.6 is 11.3 Å². The number of fused-ring (bicyclic) bond motifs is 1. The Hall–Kier alpha value is -2.21. The van der Waals surface area contributed by atoms with Crippen LogP contribution in [0.5, 0.6) is 0 Å². The average molecular weight is 371 g/mol. The normalized spacial score (nSPS) is 13.9. The smallest absolute Gasteiger partial charge is 0.263 e. The van der Waals surface area contributed by atoms with Crippen LogP contribution in [-0.2, 0) is 0 Å². The fraction of sp³-hybridized carbons (Fsp3) is 0.450. The molecule has 2 aromatic heterocycles. The lowest BCUT2D eigenvalue weighted by Crippen LogP contribution is -2.33. The molecule has 3 aromatic rings. The van der Waals surface area contributed by atoms with Crippen LogP contribution in [0.15, 0.2) is 24.3 Å². The van der Waals surface area contributed by atoms with Crippen molar-refractivity contribution in [3.63, 3.8) is 0 Å². The van der Waals surface area contributed by atoms with Gasteiger partial charge in [0.05, 0.1) is 27.8 Å². The Morgan fingerprint density at radius 2 is 1.96 bits per heavy atom. The van der Waals surface area contributed by atoms with Crippen LogP contribution in [-0.4, -0.2) is 20.9 Å². The van der Waals surface area contributed by atoms with Gasteiger partial charge in [0.25, 0.3) is 5.91 Å². The number of aromatic amines is 1. The Labute approximate surface area is 158 Å². The fourth-order valence-corrected chi connectivity index (χ4v) is 3.89. The van der Waals surface area contributed by atoms with E-state index in [0.717, 1.165) is 34.0 Å². The third-order valence-corrected chi connectivity index (χ3v) is 6.17. The monoisotopic (exact) mass is 370 g/mol. The number of nitrogens with zero attached hydrogens (tertiary/aromatic N) is 2. The molecule has 2 unspecified atom stereocenters. The zero-order chi connectivity index (χ0) is 18.8. The minimum Gasteiger partial charge on any atom is -0.341 e. The third kappa shape index (κ3) is 3.65. The molecule has 1 aromatic carbocycles. The van der Waals surface area contributed by atoms with Gasteiger partial charge >= 0.3 is 0 Å². The van der Waals surface area contributed by atoms with Gasteiger partial charge in [0.2, 0.25) is 0 Å². The quantitative estimate of drug-likeness (QED) is 0.643. The second-order valence-electron chi connectivity index (χ2n) is 7.10. The summed E-state index contributed by atoms with van der Waals surface area (Å²) in [5, 5.41) is 4.19. The summed E-state index contributed by atoms with van der Waals surface area (Å²) in [6.07, 6.45) is 0.945. The Kier molecular flexibility index (Phi) is 5.41. The molecular weight excluding hydrogens is 344 g/mol. The molecule has 0 aliphatic heterocycles. The maximum absolute atomic E-state index is 12.9. The highest BCUT2D eigenvalue weighted by Gasteiger charge is 2.26. The lowest BCUT2D eigenvalue weighted by atomic mass is 9.98. The van der Waals surface area contributed by atoms with E-state index >= 15 is 0 Å². The van der Waals surface area contributed by atoms with Gasteiger partial charge in [-0.1, -0.05) is 46.2 Å². The lowest BCUT2D eigenvalue weighted by molar-refractivity contribution is 0.0924. The molecule has 2 N–H and O–H groups in total. The molecule has 1 amide bonds. The molecule has 138 valence electrons. The fourth-order valence-electron chi connectivity index (χ4n) is 2.92. The summed E-state index contributed by atoms with van der Waals surface area (Å²) in [5.41, 5.74) is 2.70. The maximum atomic E-state index is 12.9. The molecule has 2 atom stereocenters. The Bertz CT molecular complexity index is 879. The first-order valence-electron chi connectivity index (χ1n) is 9.13. The second-order valence-corrected chi connectivity index (χ2v) is 8.13. The molecule has 0 aliphatic rings. The van der Waals surface area contributed by atoms with Crippen molar-refractivity contribution in [2.45, 2.75) is 53.0 Å². The van der Waals surface area contributed by atoms with E-state index in [0.29, 0.717) is 10.8 Å². The van der Waals surface area contributed by atoms with Crippen molar-refractivity contribution in [3.8, 4) is 0 Å². The molecule has 0 radical (unpaired) electrons. The van der Waals surface area contributed by atoms with Crippen LogP contribution in [0.25, 0.3) is 11.0 Å². The molecule has 0 saturated heterocycles. The van der Waals surface area contributed by atoms with Gasteiger partial charge in [0.15, 0.2) is 0 Å². The number of carbonyl (C=O) groups excluding carboxylic acids is 1. The third-order valence-electron chi connectivity index (χ3n) is 4.72. The maximum Gasteiger partial charge on any atom is 0.263 e. The summed E-state index contributed by atoms with van der Waals surface area (Å²) < 4.78 is 0. The summed E-state index contributed by atoms with van der Waals surface area (Å²) in [6.45, 7) is 10.3. The Balaban J connectivity index is 1.90. The number of imidazole rings is 1. The molecule has 0 aliphatic carbocycles. The minimum atomic E-state index is -0.163. The number of carbonyl (C=O) groups is 1. The first kappa shape index (κ1) is 18.6. The van der Waals surface area contributed by atoms with Crippen molar-refractivity contribution in [3.05, 3.63) is 45.7 Å². The Morgan fingerprint density at radius 1 is 1.23 bits per heavy atom. The van der Waals surface area contributed by atoms with Gasteiger partial charge in [-0.3, -0.25) is 4.79 Å². The predicted octanol–water partition coefficient (Wildman–Crippen LogP) is 4.97. The molecular formula is C20H26N4OS. The molecule has 3 rings (SSSR count). The van der Waals surface area contributed by atoms with Crippen molar-refractivity contribution in [1.82, 2.24) is 20.3 Å². The van der Waals surface area contributed by atoms with Crippen molar-refractivity contribution >= 4 is 28.3 Å². The van der Waals surface area contributed by atoms with E-state index in [4.69, 9.17) is 4.98 Å². The number of H-pyrrole nitrogens is 1. The highest BCUT2D eigenvalue weighted by molar-refractivity contribution is 7.13. The van der Waals surface area contributed by atoms with E-state index in [2.05, 4.69) is 43.0 Å². The van der Waals surface area contributed by atoms with Gasteiger partial charge in [-0.25, -0.2) is 9.97 Å². The lowest BCUT2D eigenvalue weighted by Gasteiger charge is -2.22. The van der Waals surface area contributed by atoms with Crippen molar-refractivity contribution in [1.29, 1.82) is 0 Å². The molecule has 0 spiro atoms. The number of para-hydroxylation sites is 2. The highest BCUT2D eigenvalue weighted by atomic mass is 32.1. The number of amides is 1. The number of hydrogen-bond acceptors (Lipinski definition) is 4. The zero-order valence-electron chi connectivity index (χ0n) is 16.0. The SMILES string of the molecule is CCC(C)C(NC(=O)c1sc(C(C)C)nc1C)c1nc2ccccc2[nH]1. The van der Waals surface area contributed by atoms with E-state index < -0.39 is 0 Å². The minimum absolute atomic E-state index is 0.0716. The standard InChI is InChI=1S/C20H26N4OS/c1-6-12(4)16(18-22-14-9-7-8-10-15(14)23-18)24-19(25)17-13(5)21-20(26-17)11(2)3/h7-12,16H,6H2,1-5H3,(H,22,23)(H,24,25). The van der Waals surface area contributed by atoms with Crippen molar-refractivity contribution < 1.29 is 4.79 Å². The van der Waals surface area contributed by atoms with Gasteiger partial charge in [0, 0.05) is 5.92 Å². The van der Waals surface area contributed by atoms with Crippen LogP contribution in [0, 0.1) is 12.8 Å². The van der Waals surface area contributed by atoms with Gasteiger partial charge in [-0.05, 0) is 25.0 Å². The molecule has 26 heavy (non-hydrogen) atoms. The van der Waals surface area contributed by atoms with E-state index in [1.807, 2.05) is 31.2 Å². The summed E-state index contributed by atoms with van der Waals surface area (Å²) >= 11 is 1.48. The molecule has 2 heterocycles. The number of hydrogen-bond donors (Lipinski definition) is 2. The van der Waals surface area contributed by atoms with Crippen LogP contribution < -0.4 is 5.32 Å². The van der Waals surface area contributed by atoms with Crippen LogP contribution in [0.4, 0.5) is 0 Å². The van der Waals surface area contributed by atoms with Crippen LogP contribution in [0.3, 0.4) is 0 Å². The number of rotatable bonds is 6. The van der Waals surface area contributed by atoms with Gasteiger partial charge < -0.3 is 10.3 Å². The molecule has 0 bridgehead atoms. The summed E-state index contributed by atoms with van der Waals surface area (Å²) in [6, 6.07) is 7.77. The van der Waals surface area contributed by atoms with Gasteiger partial charge in [-0.2, -0.15) is 0 Å². The zero-order valence-corrected chi connectivity index (χ0v) is 16.8. The van der Waals surface area contributed by atoms with E-state index in [-0.39, 0.29) is 17.9 Å². The Morgan fingerprint density at radius 3 is 2.58 bits per heavy atom. The highest BCUT2D eigenvalue weighted by Crippen LogP contribution is 2.28. The topological polar surface area (TPSA) is 70.7 Å². The van der Waals surface area contributed by atoms with Gasteiger partial charge in [-0.15, -0.1) is 11.3 Å². The largest absolute Gasteiger partial charge is 0.341 e. The van der Waals surface area contributed by atoms with Crippen LogP contribution in [0.1, 0.15) is 72.3 Å². The number of nitrogens with one attached hydrogen (secondary N) is 2. The summed E-state index contributed by atoms with van der Waals surface area (Å²) in [5.74, 6) is 1.32. The van der Waals surface area contributed by atoms with Crippen molar-refractivity contribution in [2.24, 2.45) is 5.92 Å². The number of benzene rings is 1. The van der Waals surface area contributed by atoms with E-state index in [1.165, 1.54) is 11.3 Å². The van der Waals surface area contributed by atoms with Crippen molar-refractivity contribution in [2.75, 3.05) is 0 Å². The molecule has 6 heteroatoms. The predicted molar refractivity (Wildman–Crippen MR) is 107 cm³/mol. The number of aryl methyl sites for hydroxylation is 1. The molecule has 0 saturated carbocycles. The summed E-state index contributed by atoms with van der Waals surface area (Å²) in [7, 11) is 0. The van der Waals surface area contributed by atoms with E-state index in [1.54, 1.807) is 0 Å².